The van der Waals surface area contributed by atoms with Crippen molar-refractivity contribution >= 4 is 21.6 Å². The molecule has 0 aromatic carbocycles. The molecule has 1 saturated carbocycles. The van der Waals surface area contributed by atoms with Crippen LogP contribution in [-0.4, -0.2) is 37.9 Å². The molecule has 2 aliphatic rings. The Labute approximate surface area is 93.9 Å². The fraction of sp³-hybridized carbons (Fsp3) is 1.00. The van der Waals surface area contributed by atoms with Crippen LogP contribution < -0.4 is 0 Å². The normalized spacial score (nSPS) is 43.3. The van der Waals surface area contributed by atoms with Crippen LogP contribution in [0.25, 0.3) is 0 Å². The molecule has 2 nitrogen and oxygen atoms in total. The summed E-state index contributed by atoms with van der Waals surface area (Å²) in [5.74, 6) is 4.31. The summed E-state index contributed by atoms with van der Waals surface area (Å²) in [6, 6.07) is 0. The Hall–Kier alpha value is 0.620. The SMILES string of the molecule is CO[C@@H]1C[C@H]2CSSC[C@@H]2C[C@H]1OC. The van der Waals surface area contributed by atoms with Gasteiger partial charge in [0.2, 0.25) is 0 Å². The Kier molecular flexibility index (Phi) is 4.05. The molecule has 0 spiro atoms. The third-order valence-electron chi connectivity index (χ3n) is 3.40. The summed E-state index contributed by atoms with van der Waals surface area (Å²) >= 11 is 0. The lowest BCUT2D eigenvalue weighted by Crippen LogP contribution is -2.43. The monoisotopic (exact) mass is 234 g/mol. The van der Waals surface area contributed by atoms with Gasteiger partial charge in [-0.15, -0.1) is 0 Å². The molecule has 4 heteroatoms. The van der Waals surface area contributed by atoms with Gasteiger partial charge < -0.3 is 9.47 Å². The fourth-order valence-electron chi connectivity index (χ4n) is 2.46. The van der Waals surface area contributed by atoms with E-state index in [1.54, 1.807) is 0 Å². The lowest BCUT2D eigenvalue weighted by atomic mass is 9.78. The minimum absolute atomic E-state index is 0.324. The highest BCUT2D eigenvalue weighted by atomic mass is 33.1. The molecule has 2 fully saturated rings. The Morgan fingerprint density at radius 3 is 1.64 bits per heavy atom. The van der Waals surface area contributed by atoms with E-state index in [1.165, 1.54) is 24.3 Å². The zero-order valence-corrected chi connectivity index (χ0v) is 10.4. The molecule has 0 bridgehead atoms. The van der Waals surface area contributed by atoms with Crippen molar-refractivity contribution in [1.82, 2.24) is 0 Å². The highest BCUT2D eigenvalue weighted by molar-refractivity contribution is 8.76. The summed E-state index contributed by atoms with van der Waals surface area (Å²) in [6.07, 6.45) is 3.02. The zero-order valence-electron chi connectivity index (χ0n) is 8.77. The molecule has 1 saturated heterocycles. The van der Waals surface area contributed by atoms with Crippen LogP contribution >= 0.6 is 21.6 Å². The summed E-state index contributed by atoms with van der Waals surface area (Å²) in [6.45, 7) is 0. The molecule has 1 heterocycles. The molecule has 0 aromatic rings. The second kappa shape index (κ2) is 5.10. The smallest absolute Gasteiger partial charge is 0.0835 e. The molecule has 82 valence electrons. The first-order valence-electron chi connectivity index (χ1n) is 5.15. The van der Waals surface area contributed by atoms with Crippen molar-refractivity contribution in [3.8, 4) is 0 Å². The third kappa shape index (κ3) is 2.23. The molecule has 0 radical (unpaired) electrons. The molecule has 1 aliphatic carbocycles. The molecule has 0 unspecified atom stereocenters. The molecule has 4 atom stereocenters. The van der Waals surface area contributed by atoms with E-state index >= 15 is 0 Å². The Morgan fingerprint density at radius 2 is 1.29 bits per heavy atom. The first-order chi connectivity index (χ1) is 6.85. The highest BCUT2D eigenvalue weighted by Gasteiger charge is 2.38. The fourth-order valence-corrected chi connectivity index (χ4v) is 5.45. The van der Waals surface area contributed by atoms with Crippen molar-refractivity contribution in [3.63, 3.8) is 0 Å². The van der Waals surface area contributed by atoms with Crippen molar-refractivity contribution in [3.05, 3.63) is 0 Å². The van der Waals surface area contributed by atoms with Gasteiger partial charge in [-0.25, -0.2) is 0 Å². The molecule has 14 heavy (non-hydrogen) atoms. The largest absolute Gasteiger partial charge is 0.379 e. The highest BCUT2D eigenvalue weighted by Crippen LogP contribution is 2.44. The van der Waals surface area contributed by atoms with Crippen molar-refractivity contribution in [2.24, 2.45) is 11.8 Å². The number of fused-ring (bicyclic) bond motifs is 1. The Morgan fingerprint density at radius 1 is 0.857 bits per heavy atom. The lowest BCUT2D eigenvalue weighted by Gasteiger charge is -2.41. The van der Waals surface area contributed by atoms with Crippen LogP contribution in [0.1, 0.15) is 12.8 Å². The predicted octanol–water partition coefficient (Wildman–Crippen LogP) is 2.44. The minimum Gasteiger partial charge on any atom is -0.379 e. The molecule has 1 aliphatic heterocycles. The molecule has 0 aromatic heterocycles. The maximum Gasteiger partial charge on any atom is 0.0835 e. The Bertz CT molecular complexity index is 165. The number of rotatable bonds is 2. The van der Waals surface area contributed by atoms with Gasteiger partial charge in [-0.05, 0) is 24.7 Å². The van der Waals surface area contributed by atoms with Gasteiger partial charge in [0.25, 0.3) is 0 Å². The zero-order chi connectivity index (χ0) is 9.97. The quantitative estimate of drug-likeness (QED) is 0.683. The van der Waals surface area contributed by atoms with E-state index in [0.29, 0.717) is 12.2 Å². The summed E-state index contributed by atoms with van der Waals surface area (Å²) in [5, 5.41) is 0. The average molecular weight is 234 g/mol. The van der Waals surface area contributed by atoms with Crippen LogP contribution in [0.3, 0.4) is 0 Å². The standard InChI is InChI=1S/C10H18O2S2/c1-11-9-3-7-5-13-14-6-8(7)4-10(9)12-2/h7-10H,3-6H2,1-2H3/t7-,8-,9+,10+/m0/s1. The first-order valence-corrected chi connectivity index (χ1v) is 7.64. The van der Waals surface area contributed by atoms with E-state index in [2.05, 4.69) is 0 Å². The van der Waals surface area contributed by atoms with E-state index < -0.39 is 0 Å². The number of methoxy groups -OCH3 is 2. The van der Waals surface area contributed by atoms with E-state index in [9.17, 15) is 0 Å². The van der Waals surface area contributed by atoms with Gasteiger partial charge in [0.1, 0.15) is 0 Å². The Balaban J connectivity index is 1.98. The van der Waals surface area contributed by atoms with Crippen LogP contribution in [0.2, 0.25) is 0 Å². The van der Waals surface area contributed by atoms with Gasteiger partial charge in [0, 0.05) is 25.7 Å². The van der Waals surface area contributed by atoms with Crippen molar-refractivity contribution < 1.29 is 9.47 Å². The number of ether oxygens (including phenoxy) is 2. The minimum atomic E-state index is 0.324. The summed E-state index contributed by atoms with van der Waals surface area (Å²) in [7, 11) is 7.66. The van der Waals surface area contributed by atoms with Crippen LogP contribution in [-0.2, 0) is 9.47 Å². The van der Waals surface area contributed by atoms with Gasteiger partial charge in [-0.2, -0.15) is 0 Å². The van der Waals surface area contributed by atoms with E-state index in [1.807, 2.05) is 35.8 Å². The predicted molar refractivity (Wildman–Crippen MR) is 62.7 cm³/mol. The van der Waals surface area contributed by atoms with Crippen molar-refractivity contribution in [2.45, 2.75) is 25.0 Å². The van der Waals surface area contributed by atoms with E-state index in [4.69, 9.17) is 9.47 Å². The molecular formula is C10H18O2S2. The van der Waals surface area contributed by atoms with Gasteiger partial charge in [0.05, 0.1) is 12.2 Å². The van der Waals surface area contributed by atoms with Crippen LogP contribution in [0.15, 0.2) is 0 Å². The second-order valence-corrected chi connectivity index (χ2v) is 6.66. The van der Waals surface area contributed by atoms with Crippen molar-refractivity contribution in [2.75, 3.05) is 25.7 Å². The molecule has 0 amide bonds. The number of hydrogen-bond donors (Lipinski definition) is 0. The van der Waals surface area contributed by atoms with Crippen LogP contribution in [0, 0.1) is 11.8 Å². The summed E-state index contributed by atoms with van der Waals surface area (Å²) < 4.78 is 11.0. The maximum atomic E-state index is 5.50. The van der Waals surface area contributed by atoms with Crippen LogP contribution in [0.4, 0.5) is 0 Å². The van der Waals surface area contributed by atoms with E-state index in [0.717, 1.165) is 11.8 Å². The van der Waals surface area contributed by atoms with Gasteiger partial charge in [0.15, 0.2) is 0 Å². The second-order valence-electron chi connectivity index (χ2n) is 4.11. The summed E-state index contributed by atoms with van der Waals surface area (Å²) in [4.78, 5) is 0. The first kappa shape index (κ1) is 11.1. The van der Waals surface area contributed by atoms with Gasteiger partial charge in [-0.1, -0.05) is 21.6 Å². The van der Waals surface area contributed by atoms with Gasteiger partial charge >= 0.3 is 0 Å². The average Bonchev–Trinajstić information content (AvgIpc) is 2.27. The topological polar surface area (TPSA) is 18.5 Å². The number of hydrogen-bond acceptors (Lipinski definition) is 4. The molecular weight excluding hydrogens is 216 g/mol. The summed E-state index contributed by atoms with van der Waals surface area (Å²) in [5.41, 5.74) is 0. The third-order valence-corrected chi connectivity index (χ3v) is 6.02. The maximum absolute atomic E-state index is 5.50. The molecule has 2 rings (SSSR count). The van der Waals surface area contributed by atoms with E-state index in [-0.39, 0.29) is 0 Å². The van der Waals surface area contributed by atoms with Crippen LogP contribution in [0.5, 0.6) is 0 Å². The molecule has 0 N–H and O–H groups in total. The van der Waals surface area contributed by atoms with Gasteiger partial charge in [-0.3, -0.25) is 0 Å². The lowest BCUT2D eigenvalue weighted by molar-refractivity contribution is -0.0810. The van der Waals surface area contributed by atoms with Crippen molar-refractivity contribution in [1.29, 1.82) is 0 Å².